The van der Waals surface area contributed by atoms with E-state index in [1.165, 1.54) is 6.07 Å². The van der Waals surface area contributed by atoms with Crippen LogP contribution in [0.2, 0.25) is 0 Å². The maximum atomic E-state index is 12.3. The number of hydrogen-bond acceptors (Lipinski definition) is 3. The Bertz CT molecular complexity index is 409. The minimum absolute atomic E-state index is 0.319. The predicted octanol–water partition coefficient (Wildman–Crippen LogP) is 2.49. The quantitative estimate of drug-likeness (QED) is 0.882. The molecule has 1 unspecified atom stereocenters. The molecule has 0 heterocycles. The maximum absolute atomic E-state index is 12.3. The van der Waals surface area contributed by atoms with Crippen LogP contribution >= 0.6 is 0 Å². The van der Waals surface area contributed by atoms with Gasteiger partial charge in [0.1, 0.15) is 12.4 Å². The van der Waals surface area contributed by atoms with E-state index in [1.807, 2.05) is 0 Å². The zero-order valence-electron chi connectivity index (χ0n) is 9.79. The number of nitrogens with one attached hydrogen (secondary N) is 1. The Morgan fingerprint density at radius 3 is 2.39 bits per heavy atom. The molecule has 0 bridgehead atoms. The Morgan fingerprint density at radius 2 is 1.94 bits per heavy atom. The number of rotatable bonds is 5. The lowest BCUT2D eigenvalue weighted by atomic mass is 10.2. The first kappa shape index (κ1) is 14.3. The Labute approximate surface area is 103 Å². The smallest absolute Gasteiger partial charge is 0.407 e. The lowest BCUT2D eigenvalue weighted by Crippen LogP contribution is -2.27. The average Bonchev–Trinajstić information content (AvgIpc) is 2.30. The molecule has 0 aliphatic heterocycles. The van der Waals surface area contributed by atoms with Gasteiger partial charge in [-0.3, -0.25) is 0 Å². The van der Waals surface area contributed by atoms with Crippen molar-refractivity contribution in [3.8, 4) is 11.8 Å². The third kappa shape index (κ3) is 4.26. The van der Waals surface area contributed by atoms with Crippen LogP contribution in [0.15, 0.2) is 24.3 Å². The molecule has 1 N–H and O–H groups in total. The van der Waals surface area contributed by atoms with Crippen LogP contribution in [0, 0.1) is 17.2 Å². The van der Waals surface area contributed by atoms with E-state index in [9.17, 15) is 13.2 Å². The molecular weight excluding hydrogens is 245 g/mol. The lowest BCUT2D eigenvalue weighted by Gasteiger charge is -2.14. The molecular formula is C12H13F3N2O. The summed E-state index contributed by atoms with van der Waals surface area (Å²) in [6.45, 7) is -0.0188. The number of hydrogen-bond donors (Lipinski definition) is 1. The van der Waals surface area contributed by atoms with Crippen molar-refractivity contribution in [3.05, 3.63) is 29.8 Å². The van der Waals surface area contributed by atoms with E-state index in [0.717, 1.165) is 5.56 Å². The fourth-order valence-electron chi connectivity index (χ4n) is 1.29. The molecule has 0 fully saturated rings. The van der Waals surface area contributed by atoms with Crippen molar-refractivity contribution in [2.24, 2.45) is 5.92 Å². The van der Waals surface area contributed by atoms with Gasteiger partial charge in [-0.05, 0) is 24.7 Å². The molecule has 3 nitrogen and oxygen atoms in total. The first-order valence-electron chi connectivity index (χ1n) is 5.30. The zero-order valence-corrected chi connectivity index (χ0v) is 9.79. The van der Waals surface area contributed by atoms with Crippen LogP contribution in [0.1, 0.15) is 5.56 Å². The van der Waals surface area contributed by atoms with E-state index in [4.69, 9.17) is 10.00 Å². The highest BCUT2D eigenvalue weighted by atomic mass is 19.4. The summed E-state index contributed by atoms with van der Waals surface area (Å²) in [5, 5.41) is 11.3. The number of alkyl halides is 3. The van der Waals surface area contributed by atoms with Gasteiger partial charge in [0.05, 0.1) is 6.07 Å². The highest BCUT2D eigenvalue weighted by Crippen LogP contribution is 2.26. The Balaban J connectivity index is 2.56. The summed E-state index contributed by atoms with van der Waals surface area (Å²) < 4.78 is 41.8. The SMILES string of the molecule is CNCc1ccc(OCC(C#N)C(F)(F)F)cc1. The van der Waals surface area contributed by atoms with Crippen molar-refractivity contribution in [3.63, 3.8) is 0 Å². The van der Waals surface area contributed by atoms with Gasteiger partial charge in [-0.1, -0.05) is 12.1 Å². The highest BCUT2D eigenvalue weighted by molar-refractivity contribution is 5.27. The van der Waals surface area contributed by atoms with Gasteiger partial charge in [0.15, 0.2) is 5.92 Å². The second-order valence-electron chi connectivity index (χ2n) is 3.71. The normalized spacial score (nSPS) is 12.8. The summed E-state index contributed by atoms with van der Waals surface area (Å²) in [6, 6.07) is 7.85. The summed E-state index contributed by atoms with van der Waals surface area (Å²) in [5.74, 6) is -1.78. The monoisotopic (exact) mass is 258 g/mol. The van der Waals surface area contributed by atoms with Crippen molar-refractivity contribution in [2.75, 3.05) is 13.7 Å². The summed E-state index contributed by atoms with van der Waals surface area (Å²) in [5.41, 5.74) is 0.998. The largest absolute Gasteiger partial charge is 0.492 e. The van der Waals surface area contributed by atoms with Gasteiger partial charge in [-0.25, -0.2) is 0 Å². The first-order valence-corrected chi connectivity index (χ1v) is 5.30. The molecule has 0 spiro atoms. The molecule has 1 atom stereocenters. The second-order valence-corrected chi connectivity index (χ2v) is 3.71. The number of nitriles is 1. The zero-order chi connectivity index (χ0) is 13.6. The van der Waals surface area contributed by atoms with Crippen LogP contribution in [0.25, 0.3) is 0 Å². The molecule has 0 aromatic heterocycles. The molecule has 0 radical (unpaired) electrons. The number of halogens is 3. The van der Waals surface area contributed by atoms with Crippen LogP contribution in [-0.4, -0.2) is 19.8 Å². The summed E-state index contributed by atoms with van der Waals surface area (Å²) in [7, 11) is 1.80. The van der Waals surface area contributed by atoms with E-state index < -0.39 is 18.7 Å². The van der Waals surface area contributed by atoms with Crippen molar-refractivity contribution < 1.29 is 17.9 Å². The van der Waals surface area contributed by atoms with Crippen LogP contribution in [0.3, 0.4) is 0 Å². The minimum atomic E-state index is -4.55. The van der Waals surface area contributed by atoms with Crippen molar-refractivity contribution in [1.29, 1.82) is 5.26 Å². The fraction of sp³-hybridized carbons (Fsp3) is 0.417. The topological polar surface area (TPSA) is 45.0 Å². The van der Waals surface area contributed by atoms with Gasteiger partial charge < -0.3 is 10.1 Å². The maximum Gasteiger partial charge on any atom is 0.407 e. The van der Waals surface area contributed by atoms with Crippen LogP contribution in [0.4, 0.5) is 13.2 Å². The van der Waals surface area contributed by atoms with Gasteiger partial charge >= 0.3 is 6.18 Å². The summed E-state index contributed by atoms with van der Waals surface area (Å²) in [6.07, 6.45) is -4.55. The summed E-state index contributed by atoms with van der Waals surface area (Å²) in [4.78, 5) is 0. The third-order valence-corrected chi connectivity index (χ3v) is 2.27. The standard InChI is InChI=1S/C12H13F3N2O/c1-17-7-9-2-4-11(5-3-9)18-8-10(6-16)12(13,14)15/h2-5,10,17H,7-8H2,1H3. The number of benzene rings is 1. The second kappa shape index (κ2) is 6.26. The number of ether oxygens (including phenoxy) is 1. The Hall–Kier alpha value is -1.74. The molecule has 0 aliphatic rings. The van der Waals surface area contributed by atoms with Crippen LogP contribution < -0.4 is 10.1 Å². The van der Waals surface area contributed by atoms with E-state index in [1.54, 1.807) is 31.3 Å². The molecule has 18 heavy (non-hydrogen) atoms. The molecule has 0 aliphatic carbocycles. The summed E-state index contributed by atoms with van der Waals surface area (Å²) >= 11 is 0. The van der Waals surface area contributed by atoms with Crippen molar-refractivity contribution in [1.82, 2.24) is 5.32 Å². The van der Waals surface area contributed by atoms with Crippen LogP contribution in [0.5, 0.6) is 5.75 Å². The molecule has 1 aromatic carbocycles. The molecule has 6 heteroatoms. The molecule has 1 aromatic rings. The van der Waals surface area contributed by atoms with E-state index in [2.05, 4.69) is 5.32 Å². The van der Waals surface area contributed by atoms with Crippen molar-refractivity contribution >= 4 is 0 Å². The molecule has 0 amide bonds. The minimum Gasteiger partial charge on any atom is -0.492 e. The molecule has 1 rings (SSSR count). The molecule has 0 saturated heterocycles. The lowest BCUT2D eigenvalue weighted by molar-refractivity contribution is -0.165. The van der Waals surface area contributed by atoms with E-state index >= 15 is 0 Å². The fourth-order valence-corrected chi connectivity index (χ4v) is 1.29. The molecule has 0 saturated carbocycles. The van der Waals surface area contributed by atoms with Gasteiger partial charge in [0.25, 0.3) is 0 Å². The molecule has 98 valence electrons. The first-order chi connectivity index (χ1) is 8.47. The number of nitrogens with zero attached hydrogens (tertiary/aromatic N) is 1. The third-order valence-electron chi connectivity index (χ3n) is 2.27. The van der Waals surface area contributed by atoms with Gasteiger partial charge in [0.2, 0.25) is 0 Å². The Morgan fingerprint density at radius 1 is 1.33 bits per heavy atom. The van der Waals surface area contributed by atoms with E-state index in [0.29, 0.717) is 12.3 Å². The average molecular weight is 258 g/mol. The van der Waals surface area contributed by atoms with Gasteiger partial charge in [-0.2, -0.15) is 18.4 Å². The van der Waals surface area contributed by atoms with Gasteiger partial charge in [0, 0.05) is 6.54 Å². The predicted molar refractivity (Wildman–Crippen MR) is 59.9 cm³/mol. The highest BCUT2D eigenvalue weighted by Gasteiger charge is 2.40. The van der Waals surface area contributed by atoms with Crippen molar-refractivity contribution in [2.45, 2.75) is 12.7 Å². The Kier molecular flexibility index (Phi) is 4.98. The van der Waals surface area contributed by atoms with Crippen LogP contribution in [-0.2, 0) is 6.54 Å². The van der Waals surface area contributed by atoms with E-state index in [-0.39, 0.29) is 0 Å². The van der Waals surface area contributed by atoms with Gasteiger partial charge in [-0.15, -0.1) is 0 Å².